The summed E-state index contributed by atoms with van der Waals surface area (Å²) in [4.78, 5) is 33.9. The molecule has 9 heteroatoms. The van der Waals surface area contributed by atoms with Crippen LogP contribution in [0.3, 0.4) is 0 Å². The van der Waals surface area contributed by atoms with Crippen molar-refractivity contribution in [2.75, 3.05) is 25.6 Å². The first-order valence-corrected chi connectivity index (χ1v) is 13.3. The van der Waals surface area contributed by atoms with Gasteiger partial charge in [0.15, 0.2) is 4.80 Å². The smallest absolute Gasteiger partial charge is 0.338 e. The normalized spacial score (nSPS) is 15.3. The van der Waals surface area contributed by atoms with Gasteiger partial charge >= 0.3 is 5.97 Å². The van der Waals surface area contributed by atoms with Gasteiger partial charge < -0.3 is 14.1 Å². The number of fused-ring (bicyclic) bond motifs is 1. The van der Waals surface area contributed by atoms with Crippen molar-refractivity contribution in [3.8, 4) is 11.3 Å². The fourth-order valence-corrected chi connectivity index (χ4v) is 5.64. The van der Waals surface area contributed by atoms with Gasteiger partial charge in [-0.25, -0.2) is 9.79 Å². The van der Waals surface area contributed by atoms with Crippen LogP contribution >= 0.6 is 22.9 Å². The molecule has 2 aromatic heterocycles. The Balaban J connectivity index is 1.63. The molecule has 5 rings (SSSR count). The minimum atomic E-state index is -0.665. The number of hydrogen-bond donors (Lipinski definition) is 0. The molecular formula is C29H26ClN3O4S. The Labute approximate surface area is 228 Å². The number of rotatable bonds is 6. The summed E-state index contributed by atoms with van der Waals surface area (Å²) in [6.07, 6.45) is 1.70. The SMILES string of the molecule is CCOC(=O)C1=C(C)N=c2sc(=Cc3ccc(-c4cccc(Cl)c4)o3)c(=O)n2C1c1ccc(N(C)C)cc1. The Morgan fingerprint density at radius 3 is 2.63 bits per heavy atom. The first-order valence-electron chi connectivity index (χ1n) is 12.1. The first-order chi connectivity index (χ1) is 18.3. The predicted octanol–water partition coefficient (Wildman–Crippen LogP) is 4.78. The highest BCUT2D eigenvalue weighted by Gasteiger charge is 2.33. The molecule has 0 aliphatic carbocycles. The van der Waals surface area contributed by atoms with Gasteiger partial charge in [0.25, 0.3) is 5.56 Å². The van der Waals surface area contributed by atoms with E-state index in [4.69, 9.17) is 20.8 Å². The lowest BCUT2D eigenvalue weighted by Crippen LogP contribution is -2.39. The van der Waals surface area contributed by atoms with Crippen LogP contribution in [-0.4, -0.2) is 31.2 Å². The predicted molar refractivity (Wildman–Crippen MR) is 150 cm³/mol. The van der Waals surface area contributed by atoms with E-state index in [1.54, 1.807) is 36.6 Å². The number of benzene rings is 2. The fraction of sp³-hybridized carbons (Fsp3) is 0.207. The minimum Gasteiger partial charge on any atom is -0.463 e. The van der Waals surface area contributed by atoms with Crippen LogP contribution in [0.5, 0.6) is 0 Å². The lowest BCUT2D eigenvalue weighted by Gasteiger charge is -2.25. The van der Waals surface area contributed by atoms with Crippen molar-refractivity contribution >= 4 is 40.7 Å². The van der Waals surface area contributed by atoms with Crippen molar-refractivity contribution in [2.45, 2.75) is 19.9 Å². The number of nitrogens with zero attached hydrogens (tertiary/aromatic N) is 3. The molecule has 1 atom stereocenters. The average Bonchev–Trinajstić information content (AvgIpc) is 3.48. The molecule has 38 heavy (non-hydrogen) atoms. The zero-order valence-corrected chi connectivity index (χ0v) is 23.0. The maximum atomic E-state index is 13.8. The van der Waals surface area contributed by atoms with Crippen molar-refractivity contribution in [2.24, 2.45) is 4.99 Å². The van der Waals surface area contributed by atoms with E-state index in [9.17, 15) is 9.59 Å². The van der Waals surface area contributed by atoms with E-state index >= 15 is 0 Å². The number of halogens is 1. The highest BCUT2D eigenvalue weighted by atomic mass is 35.5. The second-order valence-electron chi connectivity index (χ2n) is 9.00. The second kappa shape index (κ2) is 10.5. The minimum absolute atomic E-state index is 0.222. The Hall–Kier alpha value is -3.88. The topological polar surface area (TPSA) is 77.0 Å². The third-order valence-corrected chi connectivity index (χ3v) is 7.47. The summed E-state index contributed by atoms with van der Waals surface area (Å²) in [5, 5.41) is 0.611. The zero-order valence-electron chi connectivity index (χ0n) is 21.4. The molecule has 194 valence electrons. The van der Waals surface area contributed by atoms with Crippen LogP contribution in [0, 0.1) is 0 Å². The lowest BCUT2D eigenvalue weighted by atomic mass is 9.95. The number of carbonyl (C=O) groups excluding carboxylic acids is 1. The Morgan fingerprint density at radius 2 is 1.95 bits per heavy atom. The van der Waals surface area contributed by atoms with Crippen molar-refractivity contribution < 1.29 is 13.9 Å². The Morgan fingerprint density at radius 1 is 1.18 bits per heavy atom. The average molecular weight is 548 g/mol. The van der Waals surface area contributed by atoms with Gasteiger partial charge in [-0.15, -0.1) is 0 Å². The van der Waals surface area contributed by atoms with Crippen LogP contribution in [0.15, 0.2) is 86.1 Å². The molecule has 7 nitrogen and oxygen atoms in total. The van der Waals surface area contributed by atoms with Crippen LogP contribution < -0.4 is 19.8 Å². The zero-order chi connectivity index (χ0) is 27.0. The van der Waals surface area contributed by atoms with Gasteiger partial charge in [-0.3, -0.25) is 9.36 Å². The number of furan rings is 1. The third-order valence-electron chi connectivity index (χ3n) is 6.25. The van der Waals surface area contributed by atoms with E-state index in [1.807, 2.05) is 67.5 Å². The summed E-state index contributed by atoms with van der Waals surface area (Å²) in [6.45, 7) is 3.75. The van der Waals surface area contributed by atoms with Crippen LogP contribution in [0.4, 0.5) is 5.69 Å². The Kier molecular flexibility index (Phi) is 7.10. The molecule has 0 saturated heterocycles. The summed E-state index contributed by atoms with van der Waals surface area (Å²) in [7, 11) is 3.91. The molecular weight excluding hydrogens is 522 g/mol. The van der Waals surface area contributed by atoms with Crippen LogP contribution in [0.2, 0.25) is 5.02 Å². The van der Waals surface area contributed by atoms with Crippen molar-refractivity contribution in [1.29, 1.82) is 0 Å². The number of allylic oxidation sites excluding steroid dienone is 1. The van der Waals surface area contributed by atoms with Gasteiger partial charge in [0.1, 0.15) is 11.5 Å². The summed E-state index contributed by atoms with van der Waals surface area (Å²) >= 11 is 7.38. The number of esters is 1. The quantitative estimate of drug-likeness (QED) is 0.325. The summed E-state index contributed by atoms with van der Waals surface area (Å²) in [6, 6.07) is 18.1. The lowest BCUT2D eigenvalue weighted by molar-refractivity contribution is -0.139. The number of hydrogen-bond acceptors (Lipinski definition) is 7. The van der Waals surface area contributed by atoms with E-state index < -0.39 is 12.0 Å². The molecule has 0 fully saturated rings. The number of carbonyl (C=O) groups is 1. The molecule has 2 aromatic carbocycles. The van der Waals surface area contributed by atoms with E-state index in [0.29, 0.717) is 37.1 Å². The molecule has 0 spiro atoms. The van der Waals surface area contributed by atoms with Crippen LogP contribution in [0.1, 0.15) is 31.2 Å². The second-order valence-corrected chi connectivity index (χ2v) is 10.4. The molecule has 1 aliphatic rings. The molecule has 0 N–H and O–H groups in total. The summed E-state index contributed by atoms with van der Waals surface area (Å²) in [5.41, 5.74) is 3.26. The van der Waals surface area contributed by atoms with Gasteiger partial charge in [0.05, 0.1) is 28.5 Å². The highest BCUT2D eigenvalue weighted by molar-refractivity contribution is 7.07. The monoisotopic (exact) mass is 547 g/mol. The maximum absolute atomic E-state index is 13.8. The largest absolute Gasteiger partial charge is 0.463 e. The van der Waals surface area contributed by atoms with Crippen LogP contribution in [-0.2, 0) is 9.53 Å². The standard InChI is InChI=1S/C29H26ClN3O4S/c1-5-36-28(35)25-17(2)31-29-33(26(25)18-9-11-21(12-10-18)32(3)4)27(34)24(38-29)16-22-13-14-23(37-22)19-7-6-8-20(30)15-19/h6-16,26H,5H2,1-4H3. The number of thiazole rings is 1. The van der Waals surface area contributed by atoms with Crippen molar-refractivity contribution in [3.63, 3.8) is 0 Å². The molecule has 1 aliphatic heterocycles. The number of aromatic nitrogens is 1. The van der Waals surface area contributed by atoms with Gasteiger partial charge in [-0.2, -0.15) is 0 Å². The van der Waals surface area contributed by atoms with E-state index in [2.05, 4.69) is 4.99 Å². The molecule has 1 unspecified atom stereocenters. The van der Waals surface area contributed by atoms with Gasteiger partial charge in [-0.1, -0.05) is 47.2 Å². The molecule has 0 saturated carbocycles. The van der Waals surface area contributed by atoms with Gasteiger partial charge in [0, 0.05) is 36.4 Å². The first kappa shape index (κ1) is 25.8. The summed E-state index contributed by atoms with van der Waals surface area (Å²) in [5.74, 6) is 0.686. The van der Waals surface area contributed by atoms with Crippen molar-refractivity contribution in [1.82, 2.24) is 4.57 Å². The number of anilines is 1. The van der Waals surface area contributed by atoms with Gasteiger partial charge in [0.2, 0.25) is 0 Å². The molecule has 0 radical (unpaired) electrons. The molecule has 0 amide bonds. The third kappa shape index (κ3) is 4.85. The van der Waals surface area contributed by atoms with Gasteiger partial charge in [-0.05, 0) is 55.8 Å². The molecule has 4 aromatic rings. The maximum Gasteiger partial charge on any atom is 0.338 e. The summed E-state index contributed by atoms with van der Waals surface area (Å²) < 4.78 is 13.4. The fourth-order valence-electron chi connectivity index (χ4n) is 4.42. The molecule has 3 heterocycles. The highest BCUT2D eigenvalue weighted by Crippen LogP contribution is 2.32. The van der Waals surface area contributed by atoms with E-state index in [-0.39, 0.29) is 12.2 Å². The van der Waals surface area contributed by atoms with Crippen molar-refractivity contribution in [3.05, 3.63) is 108 Å². The Bertz CT molecular complexity index is 1730. The number of ether oxygens (including phenoxy) is 1. The van der Waals surface area contributed by atoms with Crippen LogP contribution in [0.25, 0.3) is 17.4 Å². The van der Waals surface area contributed by atoms with E-state index in [0.717, 1.165) is 16.8 Å². The molecule has 0 bridgehead atoms. The van der Waals surface area contributed by atoms with E-state index in [1.165, 1.54) is 11.3 Å².